The van der Waals surface area contributed by atoms with Gasteiger partial charge >= 0.3 is 17.3 Å². The van der Waals surface area contributed by atoms with Crippen molar-refractivity contribution in [1.82, 2.24) is 0 Å². The van der Waals surface area contributed by atoms with Crippen molar-refractivity contribution in [3.8, 4) is 0 Å². The number of rotatable bonds is 11. The van der Waals surface area contributed by atoms with Crippen LogP contribution in [0, 0.1) is 70.8 Å². The second-order valence-electron chi connectivity index (χ2n) is 4.68. The zero-order valence-corrected chi connectivity index (χ0v) is 12.2. The minimum absolute atomic E-state index is 2.22. The van der Waals surface area contributed by atoms with Gasteiger partial charge in [-0.15, -0.1) is 0 Å². The molecule has 0 spiro atoms. The van der Waals surface area contributed by atoms with E-state index in [-0.39, 0.29) is 0 Å². The first-order chi connectivity index (χ1) is 12.0. The van der Waals surface area contributed by atoms with Crippen LogP contribution >= 0.6 is 0 Å². The molecule has 27 heavy (non-hydrogen) atoms. The number of nitro groups is 7. The van der Waals surface area contributed by atoms with Crippen LogP contribution in [-0.2, 0) is 0 Å². The standard InChI is InChI=1S/C5H5N7O15/c13-3(6(14)15,1-4(7(16)17,8(18)19)9(20)21)2-5(10(22)23,11(24)25)12(26)27/h13H,1-2H2. The van der Waals surface area contributed by atoms with E-state index < -0.39 is 64.6 Å². The van der Waals surface area contributed by atoms with Crippen LogP contribution in [-0.4, -0.2) is 56.9 Å². The summed E-state index contributed by atoms with van der Waals surface area (Å²) >= 11 is 0. The summed E-state index contributed by atoms with van der Waals surface area (Å²) in [6, 6.07) is 0. The molecule has 0 rings (SSSR count). The summed E-state index contributed by atoms with van der Waals surface area (Å²) in [5.41, 5.74) is -4.57. The van der Waals surface area contributed by atoms with Gasteiger partial charge in [-0.05, 0) is 0 Å². The predicted molar refractivity (Wildman–Crippen MR) is 68.6 cm³/mol. The summed E-state index contributed by atoms with van der Waals surface area (Å²) in [6.07, 6.45) is -5.62. The van der Waals surface area contributed by atoms with Gasteiger partial charge in [0.15, 0.2) is 29.5 Å². The average Bonchev–Trinajstić information content (AvgIpc) is 2.47. The van der Waals surface area contributed by atoms with E-state index in [0.29, 0.717) is 0 Å². The van der Waals surface area contributed by atoms with E-state index >= 15 is 0 Å². The van der Waals surface area contributed by atoms with E-state index in [1.165, 1.54) is 0 Å². The lowest BCUT2D eigenvalue weighted by Gasteiger charge is -2.19. The van der Waals surface area contributed by atoms with E-state index in [9.17, 15) is 75.9 Å². The van der Waals surface area contributed by atoms with Crippen molar-refractivity contribution < 1.29 is 39.6 Å². The van der Waals surface area contributed by atoms with Gasteiger partial charge in [-0.3, -0.25) is 70.8 Å². The second-order valence-corrected chi connectivity index (χ2v) is 4.68. The monoisotopic (exact) mass is 403 g/mol. The van der Waals surface area contributed by atoms with Gasteiger partial charge in [0.2, 0.25) is 0 Å². The highest BCUT2D eigenvalue weighted by atomic mass is 16.8. The van der Waals surface area contributed by atoms with Gasteiger partial charge in [0.1, 0.15) is 0 Å². The van der Waals surface area contributed by atoms with Crippen molar-refractivity contribution in [1.29, 1.82) is 0 Å². The first-order valence-corrected chi connectivity index (χ1v) is 5.76. The number of nitrogens with zero attached hydrogens (tertiary/aromatic N) is 7. The highest BCUT2D eigenvalue weighted by molar-refractivity contribution is 4.76. The molecule has 22 heteroatoms. The van der Waals surface area contributed by atoms with Gasteiger partial charge in [-0.1, -0.05) is 0 Å². The molecule has 0 aliphatic heterocycles. The zero-order chi connectivity index (χ0) is 22.0. The van der Waals surface area contributed by atoms with Crippen LogP contribution in [0.4, 0.5) is 0 Å². The lowest BCUT2D eigenvalue weighted by Crippen LogP contribution is -2.64. The van der Waals surface area contributed by atoms with Gasteiger partial charge in [-0.2, -0.15) is 0 Å². The van der Waals surface area contributed by atoms with Crippen molar-refractivity contribution in [2.75, 3.05) is 0 Å². The molecule has 22 nitrogen and oxygen atoms in total. The third-order valence-corrected chi connectivity index (χ3v) is 3.13. The third-order valence-electron chi connectivity index (χ3n) is 3.13. The van der Waals surface area contributed by atoms with Crippen LogP contribution in [0.2, 0.25) is 0 Å². The molecule has 0 fully saturated rings. The first kappa shape index (κ1) is 22.8. The molecule has 150 valence electrons. The van der Waals surface area contributed by atoms with Crippen molar-refractivity contribution in [3.05, 3.63) is 70.8 Å². The largest absolute Gasteiger partial charge is 0.709 e. The van der Waals surface area contributed by atoms with Crippen LogP contribution < -0.4 is 0 Å². The molecule has 0 aromatic rings. The summed E-state index contributed by atoms with van der Waals surface area (Å²) < 4.78 is 0. The predicted octanol–water partition coefficient (Wildman–Crippen LogP) is -2.30. The van der Waals surface area contributed by atoms with Gasteiger partial charge in [0.05, 0.1) is 4.92 Å². The van der Waals surface area contributed by atoms with Crippen molar-refractivity contribution in [2.45, 2.75) is 30.1 Å². The Labute approximate surface area is 142 Å². The Morgan fingerprint density at radius 3 is 0.778 bits per heavy atom. The Hall–Kier alpha value is -4.24. The summed E-state index contributed by atoms with van der Waals surface area (Å²) in [5, 5.41) is 85.2. The molecule has 0 aromatic carbocycles. The summed E-state index contributed by atoms with van der Waals surface area (Å²) in [5.74, 6) is -9.59. The molecule has 0 heterocycles. The van der Waals surface area contributed by atoms with Crippen LogP contribution in [0.15, 0.2) is 0 Å². The van der Waals surface area contributed by atoms with E-state index in [4.69, 9.17) is 0 Å². The van der Waals surface area contributed by atoms with E-state index in [0.717, 1.165) is 0 Å². The quantitative estimate of drug-likeness (QED) is 0.215. The second kappa shape index (κ2) is 6.94. The lowest BCUT2D eigenvalue weighted by atomic mass is 9.97. The smallest absolute Gasteiger partial charge is 0.329 e. The third kappa shape index (κ3) is 3.43. The lowest BCUT2D eigenvalue weighted by molar-refractivity contribution is -0.985. The molecule has 0 aliphatic rings. The molecule has 0 bridgehead atoms. The minimum atomic E-state index is -4.79. The maximum atomic E-state index is 10.9. The van der Waals surface area contributed by atoms with Crippen molar-refractivity contribution in [2.24, 2.45) is 0 Å². The fourth-order valence-electron chi connectivity index (χ4n) is 1.74. The summed E-state index contributed by atoms with van der Waals surface area (Å²) in [6.45, 7) is 0. The van der Waals surface area contributed by atoms with Crippen LogP contribution in [0.3, 0.4) is 0 Å². The first-order valence-electron chi connectivity index (χ1n) is 5.76. The SMILES string of the molecule is O=[N+]([O-])C(O)(CC([N+](=O)[O-])([N+](=O)[O-])[N+](=O)[O-])CC([N+](=O)[O-])([N+](=O)[O-])[N+](=O)[O-]. The molecule has 0 radical (unpaired) electrons. The summed E-state index contributed by atoms with van der Waals surface area (Å²) in [7, 11) is 0. The highest BCUT2D eigenvalue weighted by Crippen LogP contribution is 2.34. The number of hydrogen-bond acceptors (Lipinski definition) is 15. The molecule has 0 aliphatic carbocycles. The van der Waals surface area contributed by atoms with Crippen LogP contribution in [0.25, 0.3) is 0 Å². The fraction of sp³-hybridized carbons (Fsp3) is 1.00. The number of hydrogen-bond donors (Lipinski definition) is 1. The zero-order valence-electron chi connectivity index (χ0n) is 12.2. The van der Waals surface area contributed by atoms with E-state index in [1.807, 2.05) is 0 Å². The highest BCUT2D eigenvalue weighted by Gasteiger charge is 2.84. The van der Waals surface area contributed by atoms with Gasteiger partial charge in [0, 0.05) is 0 Å². The Kier molecular flexibility index (Phi) is 5.85. The van der Waals surface area contributed by atoms with Crippen molar-refractivity contribution in [3.63, 3.8) is 0 Å². The molecule has 0 saturated heterocycles. The van der Waals surface area contributed by atoms with Gasteiger partial charge < -0.3 is 5.11 Å². The topological polar surface area (TPSA) is 322 Å². The van der Waals surface area contributed by atoms with Crippen LogP contribution in [0.5, 0.6) is 0 Å². The number of aliphatic hydroxyl groups is 1. The molecular formula is C5H5N7O15. The Morgan fingerprint density at radius 2 is 0.667 bits per heavy atom. The average molecular weight is 403 g/mol. The molecule has 0 amide bonds. The van der Waals surface area contributed by atoms with Crippen molar-refractivity contribution >= 4 is 0 Å². The van der Waals surface area contributed by atoms with E-state index in [2.05, 4.69) is 0 Å². The van der Waals surface area contributed by atoms with Gasteiger partial charge in [0.25, 0.3) is 12.8 Å². The molecule has 0 unspecified atom stereocenters. The molecule has 1 N–H and O–H groups in total. The normalized spacial score (nSPS) is 12.0. The van der Waals surface area contributed by atoms with E-state index in [1.54, 1.807) is 0 Å². The Bertz CT molecular complexity index is 619. The molecule has 0 saturated carbocycles. The molecule has 0 aromatic heterocycles. The fourth-order valence-corrected chi connectivity index (χ4v) is 1.74. The Balaban J connectivity index is 6.71. The Morgan fingerprint density at radius 1 is 0.481 bits per heavy atom. The van der Waals surface area contributed by atoms with Crippen LogP contribution in [0.1, 0.15) is 12.8 Å². The molecule has 0 atom stereocenters. The van der Waals surface area contributed by atoms with Gasteiger partial charge in [-0.25, -0.2) is 0 Å². The maximum absolute atomic E-state index is 10.9. The minimum Gasteiger partial charge on any atom is -0.329 e. The molecular weight excluding hydrogens is 398 g/mol. The summed E-state index contributed by atoms with van der Waals surface area (Å²) in [4.78, 5) is 59.3. The maximum Gasteiger partial charge on any atom is 0.709 e.